The van der Waals surface area contributed by atoms with E-state index in [4.69, 9.17) is 5.73 Å². The molecule has 2 N–H and O–H groups in total. The van der Waals surface area contributed by atoms with Gasteiger partial charge in [-0.25, -0.2) is 17.6 Å². The highest BCUT2D eigenvalue weighted by atomic mass is 127. The summed E-state index contributed by atoms with van der Waals surface area (Å²) in [7, 11) is 0. The van der Waals surface area contributed by atoms with Crippen molar-refractivity contribution in [3.63, 3.8) is 0 Å². The fraction of sp³-hybridized carbons (Fsp3) is 1.00. The lowest BCUT2D eigenvalue weighted by atomic mass is 10.3. The highest BCUT2D eigenvalue weighted by molar-refractivity contribution is 14.0. The van der Waals surface area contributed by atoms with Crippen LogP contribution in [0.1, 0.15) is 19.8 Å². The lowest BCUT2D eigenvalue weighted by molar-refractivity contribution is -0.0278. The van der Waals surface area contributed by atoms with Gasteiger partial charge in [0.25, 0.3) is 12.9 Å². The zero-order chi connectivity index (χ0) is 9.28. The summed E-state index contributed by atoms with van der Waals surface area (Å²) < 4.78 is 41.6. The molecule has 0 amide bonds. The molecule has 0 saturated carbocycles. The van der Waals surface area contributed by atoms with Gasteiger partial charge in [0, 0.05) is 0 Å². The van der Waals surface area contributed by atoms with Crippen molar-refractivity contribution in [3.05, 3.63) is 0 Å². The molecular weight excluding hydrogens is 289 g/mol. The normalized spacial score (nSPS) is 9.00. The molecule has 0 aliphatic carbocycles. The molecule has 0 fully saturated rings. The Hall–Kier alpha value is 0.410. The van der Waals surface area contributed by atoms with Crippen molar-refractivity contribution in [2.24, 2.45) is 5.73 Å². The van der Waals surface area contributed by atoms with Crippen LogP contribution < -0.4 is 5.73 Å². The van der Waals surface area contributed by atoms with Crippen molar-refractivity contribution in [1.29, 1.82) is 0 Å². The van der Waals surface area contributed by atoms with Crippen LogP contribution in [0.25, 0.3) is 0 Å². The smallest absolute Gasteiger partial charge is 0.298 e. The Labute approximate surface area is 86.7 Å². The molecule has 0 aliphatic heterocycles. The van der Waals surface area contributed by atoms with Gasteiger partial charge in [0.05, 0.1) is 0 Å². The number of hydrogen-bond acceptors (Lipinski definition) is 1. The quantitative estimate of drug-likeness (QED) is 0.630. The second-order valence-corrected chi connectivity index (χ2v) is 1.81. The lowest BCUT2D eigenvalue weighted by Crippen LogP contribution is -2.02. The standard InChI is InChI=1S/C4H11N.C2H2F4.HI/c1-2-3-4-5;3-1(4)2(5)6;/h2-5H2,1H3;1-2H;1H. The van der Waals surface area contributed by atoms with Crippen LogP contribution in [0.3, 0.4) is 0 Å². The molecule has 0 unspecified atom stereocenters. The number of nitrogens with two attached hydrogens (primary N) is 1. The van der Waals surface area contributed by atoms with Gasteiger partial charge in [-0.3, -0.25) is 0 Å². The minimum Gasteiger partial charge on any atom is -0.330 e. The van der Waals surface area contributed by atoms with Gasteiger partial charge in [-0.1, -0.05) is 13.3 Å². The summed E-state index contributed by atoms with van der Waals surface area (Å²) in [5, 5.41) is 0. The van der Waals surface area contributed by atoms with E-state index in [2.05, 4.69) is 6.92 Å². The molecular formula is C6H14F4IN. The molecule has 0 heterocycles. The summed E-state index contributed by atoms with van der Waals surface area (Å²) in [5.74, 6) is 0. The van der Waals surface area contributed by atoms with Crippen molar-refractivity contribution < 1.29 is 17.6 Å². The van der Waals surface area contributed by atoms with Crippen LogP contribution in [0.4, 0.5) is 17.6 Å². The molecule has 0 radical (unpaired) electrons. The topological polar surface area (TPSA) is 26.0 Å². The molecule has 0 rings (SSSR count). The Morgan fingerprint density at radius 3 is 1.42 bits per heavy atom. The van der Waals surface area contributed by atoms with E-state index in [0.717, 1.165) is 6.54 Å². The zero-order valence-corrected chi connectivity index (χ0v) is 9.10. The average molecular weight is 303 g/mol. The predicted octanol–water partition coefficient (Wildman–Crippen LogP) is 2.88. The van der Waals surface area contributed by atoms with Crippen LogP contribution in [0, 0.1) is 0 Å². The maximum absolute atomic E-state index is 10.4. The van der Waals surface area contributed by atoms with Gasteiger partial charge >= 0.3 is 0 Å². The Kier molecular flexibility index (Phi) is 21.2. The first-order valence-electron chi connectivity index (χ1n) is 3.32. The van der Waals surface area contributed by atoms with Crippen LogP contribution in [0.2, 0.25) is 0 Å². The Bertz CT molecular complexity index is 64.6. The van der Waals surface area contributed by atoms with Crippen LogP contribution in [0.5, 0.6) is 0 Å². The second-order valence-electron chi connectivity index (χ2n) is 1.81. The van der Waals surface area contributed by atoms with E-state index in [-0.39, 0.29) is 24.0 Å². The molecule has 0 aromatic carbocycles. The molecule has 0 saturated heterocycles. The molecule has 0 atom stereocenters. The fourth-order valence-electron chi connectivity index (χ4n) is 0.204. The third-order valence-electron chi connectivity index (χ3n) is 0.748. The highest BCUT2D eigenvalue weighted by Crippen LogP contribution is 2.04. The SMILES string of the molecule is CCCCN.FC(F)C(F)F.I. The maximum atomic E-state index is 10.4. The monoisotopic (exact) mass is 303 g/mol. The summed E-state index contributed by atoms with van der Waals surface area (Å²) in [6.07, 6.45) is -4.58. The highest BCUT2D eigenvalue weighted by Gasteiger charge is 2.15. The van der Waals surface area contributed by atoms with E-state index < -0.39 is 12.9 Å². The third-order valence-corrected chi connectivity index (χ3v) is 0.748. The average Bonchev–Trinajstić information content (AvgIpc) is 1.90. The van der Waals surface area contributed by atoms with Crippen molar-refractivity contribution in [3.8, 4) is 0 Å². The summed E-state index contributed by atoms with van der Waals surface area (Å²) >= 11 is 0. The molecule has 6 heteroatoms. The number of rotatable bonds is 3. The number of hydrogen-bond donors (Lipinski definition) is 1. The molecule has 1 nitrogen and oxygen atoms in total. The van der Waals surface area contributed by atoms with Crippen LogP contribution in [0.15, 0.2) is 0 Å². The first-order chi connectivity index (χ1) is 5.06. The molecule has 78 valence electrons. The zero-order valence-electron chi connectivity index (χ0n) is 6.77. The van der Waals surface area contributed by atoms with Gasteiger partial charge in [0.1, 0.15) is 0 Å². The van der Waals surface area contributed by atoms with Crippen LogP contribution in [-0.4, -0.2) is 19.4 Å². The van der Waals surface area contributed by atoms with E-state index in [9.17, 15) is 17.6 Å². The van der Waals surface area contributed by atoms with E-state index in [1.807, 2.05) is 0 Å². The van der Waals surface area contributed by atoms with Gasteiger partial charge in [0.15, 0.2) is 0 Å². The van der Waals surface area contributed by atoms with Crippen molar-refractivity contribution >= 4 is 24.0 Å². The molecule has 0 aliphatic rings. The van der Waals surface area contributed by atoms with Crippen LogP contribution in [-0.2, 0) is 0 Å². The number of halogens is 5. The van der Waals surface area contributed by atoms with Gasteiger partial charge < -0.3 is 5.73 Å². The molecule has 0 bridgehead atoms. The van der Waals surface area contributed by atoms with E-state index in [1.54, 1.807) is 0 Å². The Morgan fingerprint density at radius 2 is 1.42 bits per heavy atom. The second kappa shape index (κ2) is 14.0. The molecule has 12 heavy (non-hydrogen) atoms. The van der Waals surface area contributed by atoms with Crippen LogP contribution >= 0.6 is 24.0 Å². The summed E-state index contributed by atoms with van der Waals surface area (Å²) in [5.41, 5.74) is 5.14. The number of unbranched alkanes of at least 4 members (excludes halogenated alkanes) is 1. The Balaban J connectivity index is -0.000000126. The Morgan fingerprint density at radius 1 is 1.08 bits per heavy atom. The van der Waals surface area contributed by atoms with Crippen molar-refractivity contribution in [2.75, 3.05) is 6.54 Å². The van der Waals surface area contributed by atoms with Gasteiger partial charge in [0.2, 0.25) is 0 Å². The first kappa shape index (κ1) is 18.2. The van der Waals surface area contributed by atoms with E-state index >= 15 is 0 Å². The van der Waals surface area contributed by atoms with E-state index in [0.29, 0.717) is 0 Å². The minimum absolute atomic E-state index is 0. The van der Waals surface area contributed by atoms with Gasteiger partial charge in [-0.15, -0.1) is 24.0 Å². The van der Waals surface area contributed by atoms with Crippen molar-refractivity contribution in [1.82, 2.24) is 0 Å². The van der Waals surface area contributed by atoms with E-state index in [1.165, 1.54) is 12.8 Å². The van der Waals surface area contributed by atoms with Gasteiger partial charge in [-0.2, -0.15) is 0 Å². The minimum atomic E-state index is -3.48. The largest absolute Gasteiger partial charge is 0.330 e. The maximum Gasteiger partial charge on any atom is 0.298 e. The third kappa shape index (κ3) is 22.4. The number of alkyl halides is 4. The summed E-state index contributed by atoms with van der Waals surface area (Å²) in [4.78, 5) is 0. The predicted molar refractivity (Wildman–Crippen MR) is 51.4 cm³/mol. The fourth-order valence-corrected chi connectivity index (χ4v) is 0.204. The summed E-state index contributed by atoms with van der Waals surface area (Å²) in [6, 6.07) is 0. The first-order valence-corrected chi connectivity index (χ1v) is 3.32. The molecule has 0 aromatic heterocycles. The molecule has 0 aromatic rings. The van der Waals surface area contributed by atoms with Gasteiger partial charge in [-0.05, 0) is 13.0 Å². The molecule has 0 spiro atoms. The van der Waals surface area contributed by atoms with Crippen molar-refractivity contribution in [2.45, 2.75) is 32.6 Å². The summed E-state index contributed by atoms with van der Waals surface area (Å²) in [6.45, 7) is 2.98. The lowest BCUT2D eigenvalue weighted by Gasteiger charge is -1.89.